The first kappa shape index (κ1) is 13.2. The first-order valence-corrected chi connectivity index (χ1v) is 6.13. The second kappa shape index (κ2) is 7.41. The number of carbonyl (C=O) groups is 1. The standard InChI is InChI=1S/C12H16BrNO2/c13-11-5-3-4-10(8-11)9-14-12(16)6-1-2-7-15/h3-5,8,15H,1-2,6-7,9H2,(H,14,16). The second-order valence-corrected chi connectivity index (χ2v) is 4.50. The Labute approximate surface area is 104 Å². The summed E-state index contributed by atoms with van der Waals surface area (Å²) >= 11 is 3.38. The van der Waals surface area contributed by atoms with Gasteiger partial charge < -0.3 is 10.4 Å². The minimum absolute atomic E-state index is 0.0356. The van der Waals surface area contributed by atoms with Crippen molar-refractivity contribution in [2.24, 2.45) is 0 Å². The molecule has 0 aliphatic heterocycles. The van der Waals surface area contributed by atoms with Crippen LogP contribution in [0, 0.1) is 0 Å². The summed E-state index contributed by atoms with van der Waals surface area (Å²) in [6, 6.07) is 7.84. The summed E-state index contributed by atoms with van der Waals surface area (Å²) < 4.78 is 1.01. The number of hydrogen-bond donors (Lipinski definition) is 2. The van der Waals surface area contributed by atoms with Crippen LogP contribution in [0.25, 0.3) is 0 Å². The predicted molar refractivity (Wildman–Crippen MR) is 66.9 cm³/mol. The Hall–Kier alpha value is -0.870. The van der Waals surface area contributed by atoms with E-state index in [2.05, 4.69) is 21.2 Å². The molecular weight excluding hydrogens is 270 g/mol. The van der Waals surface area contributed by atoms with Crippen LogP contribution in [0.3, 0.4) is 0 Å². The van der Waals surface area contributed by atoms with Crippen LogP contribution < -0.4 is 5.32 Å². The molecule has 0 heterocycles. The maximum Gasteiger partial charge on any atom is 0.220 e. The number of aliphatic hydroxyl groups excluding tert-OH is 1. The number of rotatable bonds is 6. The van der Waals surface area contributed by atoms with Gasteiger partial charge in [-0.05, 0) is 30.5 Å². The van der Waals surface area contributed by atoms with Crippen molar-refractivity contribution >= 4 is 21.8 Å². The Balaban J connectivity index is 2.26. The number of hydrogen-bond acceptors (Lipinski definition) is 2. The molecule has 0 aromatic heterocycles. The van der Waals surface area contributed by atoms with Crippen molar-refractivity contribution in [1.29, 1.82) is 0 Å². The Morgan fingerprint density at radius 2 is 2.19 bits per heavy atom. The monoisotopic (exact) mass is 285 g/mol. The average molecular weight is 286 g/mol. The van der Waals surface area contributed by atoms with Gasteiger partial charge in [-0.15, -0.1) is 0 Å². The highest BCUT2D eigenvalue weighted by atomic mass is 79.9. The van der Waals surface area contributed by atoms with E-state index in [0.717, 1.165) is 16.5 Å². The third-order valence-corrected chi connectivity index (χ3v) is 2.68. The van der Waals surface area contributed by atoms with Crippen LogP contribution in [0.15, 0.2) is 28.7 Å². The van der Waals surface area contributed by atoms with Crippen LogP contribution in [-0.4, -0.2) is 17.6 Å². The average Bonchev–Trinajstić information content (AvgIpc) is 2.27. The Morgan fingerprint density at radius 1 is 1.38 bits per heavy atom. The zero-order valence-electron chi connectivity index (χ0n) is 9.08. The molecule has 1 aromatic carbocycles. The molecule has 0 saturated carbocycles. The van der Waals surface area contributed by atoms with Crippen molar-refractivity contribution in [3.05, 3.63) is 34.3 Å². The van der Waals surface area contributed by atoms with Gasteiger partial charge in [0.05, 0.1) is 0 Å². The van der Waals surface area contributed by atoms with Crippen molar-refractivity contribution in [3.63, 3.8) is 0 Å². The Bertz CT molecular complexity index is 342. The van der Waals surface area contributed by atoms with Crippen LogP contribution in [0.1, 0.15) is 24.8 Å². The van der Waals surface area contributed by atoms with E-state index in [1.165, 1.54) is 0 Å². The number of carbonyl (C=O) groups excluding carboxylic acids is 1. The zero-order chi connectivity index (χ0) is 11.8. The molecular formula is C12H16BrNO2. The lowest BCUT2D eigenvalue weighted by atomic mass is 10.2. The van der Waals surface area contributed by atoms with E-state index >= 15 is 0 Å². The number of benzene rings is 1. The van der Waals surface area contributed by atoms with Gasteiger partial charge in [0, 0.05) is 24.0 Å². The molecule has 0 radical (unpaired) electrons. The molecule has 16 heavy (non-hydrogen) atoms. The molecule has 1 aromatic rings. The molecule has 88 valence electrons. The van der Waals surface area contributed by atoms with Gasteiger partial charge >= 0.3 is 0 Å². The van der Waals surface area contributed by atoms with Gasteiger partial charge in [0.25, 0.3) is 0 Å². The van der Waals surface area contributed by atoms with Gasteiger partial charge in [-0.3, -0.25) is 4.79 Å². The molecule has 3 nitrogen and oxygen atoms in total. The molecule has 0 aliphatic rings. The third kappa shape index (κ3) is 5.28. The normalized spacial score (nSPS) is 10.1. The quantitative estimate of drug-likeness (QED) is 0.788. The number of aliphatic hydroxyl groups is 1. The highest BCUT2D eigenvalue weighted by molar-refractivity contribution is 9.10. The summed E-state index contributed by atoms with van der Waals surface area (Å²) in [6.07, 6.45) is 1.90. The minimum atomic E-state index is 0.0356. The zero-order valence-corrected chi connectivity index (χ0v) is 10.7. The SMILES string of the molecule is O=C(CCCCO)NCc1cccc(Br)c1. The maximum atomic E-state index is 11.4. The fourth-order valence-electron chi connectivity index (χ4n) is 1.33. The van der Waals surface area contributed by atoms with Gasteiger partial charge in [0.2, 0.25) is 5.91 Å². The molecule has 0 spiro atoms. The van der Waals surface area contributed by atoms with Gasteiger partial charge in [0.15, 0.2) is 0 Å². The first-order valence-electron chi connectivity index (χ1n) is 5.34. The van der Waals surface area contributed by atoms with Gasteiger partial charge in [0.1, 0.15) is 0 Å². The molecule has 1 rings (SSSR count). The summed E-state index contributed by atoms with van der Waals surface area (Å²) in [6.45, 7) is 0.705. The highest BCUT2D eigenvalue weighted by Gasteiger charge is 2.01. The third-order valence-electron chi connectivity index (χ3n) is 2.19. The summed E-state index contributed by atoms with van der Waals surface area (Å²) in [4.78, 5) is 11.4. The van der Waals surface area contributed by atoms with Gasteiger partial charge in [-0.2, -0.15) is 0 Å². The summed E-state index contributed by atoms with van der Waals surface area (Å²) in [5, 5.41) is 11.4. The smallest absolute Gasteiger partial charge is 0.220 e. The van der Waals surface area contributed by atoms with E-state index in [0.29, 0.717) is 19.4 Å². The summed E-state index contributed by atoms with van der Waals surface area (Å²) in [5.41, 5.74) is 1.07. The maximum absolute atomic E-state index is 11.4. The lowest BCUT2D eigenvalue weighted by Crippen LogP contribution is -2.22. The van der Waals surface area contributed by atoms with Crippen molar-refractivity contribution in [3.8, 4) is 0 Å². The molecule has 0 bridgehead atoms. The van der Waals surface area contributed by atoms with Gasteiger partial charge in [-0.1, -0.05) is 28.1 Å². The second-order valence-electron chi connectivity index (χ2n) is 3.59. The highest BCUT2D eigenvalue weighted by Crippen LogP contribution is 2.11. The molecule has 0 atom stereocenters. The largest absolute Gasteiger partial charge is 0.396 e. The number of halogens is 1. The van der Waals surface area contributed by atoms with E-state index in [1.54, 1.807) is 0 Å². The lowest BCUT2D eigenvalue weighted by Gasteiger charge is -2.05. The Morgan fingerprint density at radius 3 is 2.88 bits per heavy atom. The van der Waals surface area contributed by atoms with E-state index in [-0.39, 0.29) is 12.5 Å². The number of amides is 1. The van der Waals surface area contributed by atoms with E-state index < -0.39 is 0 Å². The topological polar surface area (TPSA) is 49.3 Å². The minimum Gasteiger partial charge on any atom is -0.396 e. The summed E-state index contributed by atoms with van der Waals surface area (Å²) in [5.74, 6) is 0.0356. The van der Waals surface area contributed by atoms with Crippen molar-refractivity contribution in [2.75, 3.05) is 6.61 Å². The molecule has 0 fully saturated rings. The first-order chi connectivity index (χ1) is 7.72. The van der Waals surface area contributed by atoms with Crippen LogP contribution in [0.2, 0.25) is 0 Å². The van der Waals surface area contributed by atoms with Crippen molar-refractivity contribution in [2.45, 2.75) is 25.8 Å². The van der Waals surface area contributed by atoms with Crippen LogP contribution in [0.5, 0.6) is 0 Å². The summed E-state index contributed by atoms with van der Waals surface area (Å²) in [7, 11) is 0. The lowest BCUT2D eigenvalue weighted by molar-refractivity contribution is -0.121. The number of nitrogens with one attached hydrogen (secondary N) is 1. The molecule has 4 heteroatoms. The molecule has 0 aliphatic carbocycles. The van der Waals surface area contributed by atoms with Crippen LogP contribution in [0.4, 0.5) is 0 Å². The molecule has 0 unspecified atom stereocenters. The van der Waals surface area contributed by atoms with Crippen LogP contribution in [-0.2, 0) is 11.3 Å². The fraction of sp³-hybridized carbons (Fsp3) is 0.417. The Kier molecular flexibility index (Phi) is 6.11. The fourth-order valence-corrected chi connectivity index (χ4v) is 1.78. The van der Waals surface area contributed by atoms with Crippen molar-refractivity contribution < 1.29 is 9.90 Å². The van der Waals surface area contributed by atoms with E-state index in [4.69, 9.17) is 5.11 Å². The van der Waals surface area contributed by atoms with E-state index in [1.807, 2.05) is 24.3 Å². The van der Waals surface area contributed by atoms with E-state index in [9.17, 15) is 4.79 Å². The van der Waals surface area contributed by atoms with Gasteiger partial charge in [-0.25, -0.2) is 0 Å². The molecule has 0 saturated heterocycles. The van der Waals surface area contributed by atoms with Crippen LogP contribution >= 0.6 is 15.9 Å². The number of unbranched alkanes of at least 4 members (excludes halogenated alkanes) is 1. The molecule has 1 amide bonds. The predicted octanol–water partition coefficient (Wildman–Crippen LogP) is 2.23. The molecule has 2 N–H and O–H groups in total. The van der Waals surface area contributed by atoms with Crippen molar-refractivity contribution in [1.82, 2.24) is 5.32 Å².